The Hall–Kier alpha value is -1.50. The molecule has 0 fully saturated rings. The Morgan fingerprint density at radius 1 is 1.44 bits per heavy atom. The predicted octanol–water partition coefficient (Wildman–Crippen LogP) is 1.64. The summed E-state index contributed by atoms with van der Waals surface area (Å²) in [7, 11) is 0. The topological polar surface area (TPSA) is 70.4 Å². The van der Waals surface area contributed by atoms with Crippen LogP contribution in [0.25, 0.3) is 0 Å². The number of hydrogen-bond donors (Lipinski definition) is 1. The van der Waals surface area contributed by atoms with Crippen molar-refractivity contribution < 1.29 is 19.1 Å². The van der Waals surface area contributed by atoms with Crippen molar-refractivity contribution in [3.8, 4) is 0 Å². The summed E-state index contributed by atoms with van der Waals surface area (Å²) in [6.07, 6.45) is 2.34. The van der Waals surface area contributed by atoms with E-state index in [0.29, 0.717) is 5.82 Å². The van der Waals surface area contributed by atoms with Crippen LogP contribution >= 0.6 is 12.6 Å². The highest BCUT2D eigenvalue weighted by atomic mass is 32.1. The van der Waals surface area contributed by atoms with Gasteiger partial charge >= 0.3 is 12.1 Å². The van der Waals surface area contributed by atoms with Gasteiger partial charge in [0.1, 0.15) is 12.2 Å². The zero-order valence-electron chi connectivity index (χ0n) is 10.5. The molecule has 0 aliphatic rings. The predicted molar refractivity (Wildman–Crippen MR) is 67.5 cm³/mol. The number of rotatable bonds is 3. The molecular formula is C11H16N2O4S. The normalized spacial score (nSPS) is 11.1. The van der Waals surface area contributed by atoms with Gasteiger partial charge in [0.2, 0.25) is 0 Å². The Bertz CT molecular complexity index is 436. The van der Waals surface area contributed by atoms with E-state index in [-0.39, 0.29) is 12.4 Å². The van der Waals surface area contributed by atoms with Crippen molar-refractivity contribution in [2.45, 2.75) is 33.0 Å². The molecule has 0 saturated carbocycles. The van der Waals surface area contributed by atoms with Crippen LogP contribution in [0.2, 0.25) is 0 Å². The fraction of sp³-hybridized carbons (Fsp3) is 0.545. The molecule has 1 rings (SSSR count). The van der Waals surface area contributed by atoms with E-state index < -0.39 is 17.7 Å². The fourth-order valence-corrected chi connectivity index (χ4v) is 1.20. The van der Waals surface area contributed by atoms with Crippen LogP contribution < -0.4 is 0 Å². The van der Waals surface area contributed by atoms with Crippen molar-refractivity contribution in [1.29, 1.82) is 0 Å². The Kier molecular flexibility index (Phi) is 4.77. The third-order valence-corrected chi connectivity index (χ3v) is 2.06. The lowest BCUT2D eigenvalue weighted by atomic mass is 10.2. The minimum Gasteiger partial charge on any atom is -0.457 e. The molecule has 6 nitrogen and oxygen atoms in total. The molecule has 1 aromatic rings. The van der Waals surface area contributed by atoms with Crippen molar-refractivity contribution in [2.24, 2.45) is 0 Å². The summed E-state index contributed by atoms with van der Waals surface area (Å²) in [5.74, 6) is -0.191. The quantitative estimate of drug-likeness (QED) is 0.669. The van der Waals surface area contributed by atoms with Crippen LogP contribution in [-0.2, 0) is 20.9 Å². The molecule has 0 N–H and O–H groups in total. The largest absolute Gasteiger partial charge is 0.457 e. The van der Waals surface area contributed by atoms with Crippen molar-refractivity contribution in [3.63, 3.8) is 0 Å². The van der Waals surface area contributed by atoms with Gasteiger partial charge in [-0.05, 0) is 20.8 Å². The molecule has 0 spiro atoms. The van der Waals surface area contributed by atoms with Crippen molar-refractivity contribution >= 4 is 24.7 Å². The summed E-state index contributed by atoms with van der Waals surface area (Å²) in [5, 5.41) is 0. The summed E-state index contributed by atoms with van der Waals surface area (Å²) in [6.45, 7) is 5.21. The van der Waals surface area contributed by atoms with Crippen LogP contribution in [0, 0.1) is 0 Å². The molecule has 0 aliphatic carbocycles. The fourth-order valence-electron chi connectivity index (χ4n) is 1.11. The lowest BCUT2D eigenvalue weighted by molar-refractivity contribution is -0.141. The lowest BCUT2D eigenvalue weighted by Gasteiger charge is -2.19. The average molecular weight is 272 g/mol. The summed E-state index contributed by atoms with van der Waals surface area (Å²) < 4.78 is 11.2. The summed E-state index contributed by atoms with van der Waals surface area (Å²) in [6, 6.07) is 0. The molecule has 0 aromatic carbocycles. The molecule has 1 heterocycles. The first-order valence-electron chi connectivity index (χ1n) is 5.35. The van der Waals surface area contributed by atoms with E-state index in [9.17, 15) is 9.59 Å². The van der Waals surface area contributed by atoms with E-state index in [0.717, 1.165) is 0 Å². The molecule has 0 radical (unpaired) electrons. The van der Waals surface area contributed by atoms with Crippen LogP contribution in [0.3, 0.4) is 0 Å². The maximum atomic E-state index is 11.8. The Balaban J connectivity index is 2.70. The van der Waals surface area contributed by atoms with Gasteiger partial charge in [-0.3, -0.25) is 4.79 Å². The number of nitrogens with zero attached hydrogens (tertiary/aromatic N) is 2. The number of thiol groups is 1. The molecule has 0 aliphatic heterocycles. The summed E-state index contributed by atoms with van der Waals surface area (Å²) in [4.78, 5) is 26.7. The number of carbonyl (C=O) groups is 2. The minimum atomic E-state index is -0.597. The Labute approximate surface area is 111 Å². The summed E-state index contributed by atoms with van der Waals surface area (Å²) >= 11 is 3.78. The molecule has 7 heteroatoms. The van der Waals surface area contributed by atoms with Gasteiger partial charge in [-0.1, -0.05) is 0 Å². The van der Waals surface area contributed by atoms with Crippen LogP contribution in [0.5, 0.6) is 0 Å². The number of esters is 1. The molecule has 0 amide bonds. The Morgan fingerprint density at radius 3 is 2.67 bits per heavy atom. The molecule has 0 unspecified atom stereocenters. The minimum absolute atomic E-state index is 0.0207. The lowest BCUT2D eigenvalue weighted by Crippen LogP contribution is -2.28. The summed E-state index contributed by atoms with van der Waals surface area (Å²) in [5.41, 5.74) is -0.597. The zero-order valence-corrected chi connectivity index (χ0v) is 11.4. The second-order valence-corrected chi connectivity index (χ2v) is 4.83. The highest BCUT2D eigenvalue weighted by Crippen LogP contribution is 2.10. The highest BCUT2D eigenvalue weighted by Gasteiger charge is 2.20. The van der Waals surface area contributed by atoms with Gasteiger partial charge < -0.3 is 9.47 Å². The number of carbonyl (C=O) groups excluding carboxylic acids is 2. The van der Waals surface area contributed by atoms with Gasteiger partial charge in [0.15, 0.2) is 5.82 Å². The maximum absolute atomic E-state index is 11.8. The average Bonchev–Trinajstić information content (AvgIpc) is 2.71. The van der Waals surface area contributed by atoms with Gasteiger partial charge in [-0.15, -0.1) is 0 Å². The third kappa shape index (κ3) is 4.40. The number of hydrogen-bond acceptors (Lipinski definition) is 6. The second kappa shape index (κ2) is 5.90. The monoisotopic (exact) mass is 272 g/mol. The van der Waals surface area contributed by atoms with Crippen LogP contribution in [-0.4, -0.2) is 33.0 Å². The second-order valence-electron chi connectivity index (χ2n) is 4.51. The first kappa shape index (κ1) is 14.6. The van der Waals surface area contributed by atoms with E-state index in [4.69, 9.17) is 9.47 Å². The molecule has 100 valence electrons. The molecule has 0 bridgehead atoms. The van der Waals surface area contributed by atoms with Gasteiger partial charge in [-0.2, -0.15) is 12.6 Å². The highest BCUT2D eigenvalue weighted by molar-refractivity contribution is 7.81. The van der Waals surface area contributed by atoms with Crippen LogP contribution in [0.15, 0.2) is 12.4 Å². The number of imidazole rings is 1. The van der Waals surface area contributed by atoms with E-state index >= 15 is 0 Å². The van der Waals surface area contributed by atoms with E-state index in [2.05, 4.69) is 17.6 Å². The standard InChI is InChI=1S/C11H16N2O4S/c1-11(2,3)17-10(15)13-5-4-12-8(13)6-16-9(14)7-18/h4-5,18H,6-7H2,1-3H3. The molecule has 1 aromatic heterocycles. The molecule has 18 heavy (non-hydrogen) atoms. The van der Waals surface area contributed by atoms with Gasteiger partial charge in [0, 0.05) is 12.4 Å². The van der Waals surface area contributed by atoms with Crippen molar-refractivity contribution in [3.05, 3.63) is 18.2 Å². The van der Waals surface area contributed by atoms with Crippen molar-refractivity contribution in [2.75, 3.05) is 5.75 Å². The van der Waals surface area contributed by atoms with Gasteiger partial charge in [0.05, 0.1) is 5.75 Å². The van der Waals surface area contributed by atoms with E-state index in [1.54, 1.807) is 20.8 Å². The zero-order chi connectivity index (χ0) is 13.8. The third-order valence-electron chi connectivity index (χ3n) is 1.80. The van der Waals surface area contributed by atoms with Crippen LogP contribution in [0.4, 0.5) is 4.79 Å². The number of ether oxygens (including phenoxy) is 2. The SMILES string of the molecule is CC(C)(C)OC(=O)n1ccnc1COC(=O)CS. The van der Waals surface area contributed by atoms with Gasteiger partial charge in [0.25, 0.3) is 0 Å². The van der Waals surface area contributed by atoms with Crippen LogP contribution in [0.1, 0.15) is 26.6 Å². The van der Waals surface area contributed by atoms with Crippen molar-refractivity contribution in [1.82, 2.24) is 9.55 Å². The van der Waals surface area contributed by atoms with E-state index in [1.807, 2.05) is 0 Å². The van der Waals surface area contributed by atoms with Gasteiger partial charge in [-0.25, -0.2) is 14.3 Å². The maximum Gasteiger partial charge on any atom is 0.420 e. The smallest absolute Gasteiger partial charge is 0.420 e. The number of aromatic nitrogens is 2. The molecule has 0 atom stereocenters. The first-order chi connectivity index (χ1) is 8.33. The molecular weight excluding hydrogens is 256 g/mol. The first-order valence-corrected chi connectivity index (χ1v) is 5.99. The molecule has 0 saturated heterocycles. The van der Waals surface area contributed by atoms with E-state index in [1.165, 1.54) is 17.0 Å². The Morgan fingerprint density at radius 2 is 2.11 bits per heavy atom.